The minimum absolute atomic E-state index is 0.285. The van der Waals surface area contributed by atoms with E-state index in [2.05, 4.69) is 0 Å². The SMILES string of the molecule is Cc1ccc(F)cc1C(N)c1cc2ccccc2o1. The minimum Gasteiger partial charge on any atom is -0.459 e. The number of halogens is 1. The fourth-order valence-electron chi connectivity index (χ4n) is 2.26. The van der Waals surface area contributed by atoms with Crippen LogP contribution in [0.25, 0.3) is 11.0 Å². The molecule has 2 N–H and O–H groups in total. The topological polar surface area (TPSA) is 39.2 Å². The van der Waals surface area contributed by atoms with Crippen LogP contribution < -0.4 is 5.73 Å². The van der Waals surface area contributed by atoms with Gasteiger partial charge in [0.1, 0.15) is 17.2 Å². The van der Waals surface area contributed by atoms with Gasteiger partial charge in [-0.25, -0.2) is 4.39 Å². The maximum absolute atomic E-state index is 13.3. The van der Waals surface area contributed by atoms with E-state index >= 15 is 0 Å². The van der Waals surface area contributed by atoms with Gasteiger partial charge in [0.2, 0.25) is 0 Å². The van der Waals surface area contributed by atoms with Crippen LogP contribution in [0.5, 0.6) is 0 Å². The third-order valence-corrected chi connectivity index (χ3v) is 3.33. The molecule has 0 radical (unpaired) electrons. The summed E-state index contributed by atoms with van der Waals surface area (Å²) in [5.74, 6) is 0.363. The number of benzene rings is 2. The Morgan fingerprint density at radius 2 is 1.89 bits per heavy atom. The number of nitrogens with two attached hydrogens (primary N) is 1. The number of hydrogen-bond donors (Lipinski definition) is 1. The van der Waals surface area contributed by atoms with E-state index in [-0.39, 0.29) is 5.82 Å². The normalized spacial score (nSPS) is 12.8. The van der Waals surface area contributed by atoms with E-state index in [1.165, 1.54) is 12.1 Å². The first-order valence-electron chi connectivity index (χ1n) is 6.15. The van der Waals surface area contributed by atoms with Crippen molar-refractivity contribution < 1.29 is 8.81 Å². The first kappa shape index (κ1) is 11.9. The Labute approximate surface area is 110 Å². The van der Waals surface area contributed by atoms with Crippen molar-refractivity contribution in [2.45, 2.75) is 13.0 Å². The number of rotatable bonds is 2. The van der Waals surface area contributed by atoms with E-state index in [0.717, 1.165) is 22.1 Å². The summed E-state index contributed by atoms with van der Waals surface area (Å²) in [5.41, 5.74) is 8.69. The lowest BCUT2D eigenvalue weighted by Crippen LogP contribution is -2.12. The summed E-state index contributed by atoms with van der Waals surface area (Å²) in [6.45, 7) is 1.91. The Bertz CT molecular complexity index is 699. The molecule has 3 heteroatoms. The van der Waals surface area contributed by atoms with Crippen LogP contribution in [0.15, 0.2) is 52.9 Å². The fraction of sp³-hybridized carbons (Fsp3) is 0.125. The second-order valence-corrected chi connectivity index (χ2v) is 4.67. The molecule has 3 rings (SSSR count). The van der Waals surface area contributed by atoms with Gasteiger partial charge >= 0.3 is 0 Å². The van der Waals surface area contributed by atoms with Gasteiger partial charge in [0.15, 0.2) is 0 Å². The van der Waals surface area contributed by atoms with Gasteiger partial charge < -0.3 is 10.2 Å². The molecule has 0 saturated heterocycles. The lowest BCUT2D eigenvalue weighted by molar-refractivity contribution is 0.522. The number of para-hydroxylation sites is 1. The molecule has 19 heavy (non-hydrogen) atoms. The minimum atomic E-state index is -0.455. The third-order valence-electron chi connectivity index (χ3n) is 3.33. The summed E-state index contributed by atoms with van der Waals surface area (Å²) >= 11 is 0. The largest absolute Gasteiger partial charge is 0.459 e. The molecule has 0 bridgehead atoms. The summed E-state index contributed by atoms with van der Waals surface area (Å²) in [6, 6.07) is 13.8. The zero-order chi connectivity index (χ0) is 13.4. The van der Waals surface area contributed by atoms with Crippen LogP contribution in [0.4, 0.5) is 4.39 Å². The zero-order valence-corrected chi connectivity index (χ0v) is 10.6. The maximum atomic E-state index is 13.3. The number of aryl methyl sites for hydroxylation is 1. The Balaban J connectivity index is 2.07. The third kappa shape index (κ3) is 2.13. The highest BCUT2D eigenvalue weighted by Gasteiger charge is 2.16. The zero-order valence-electron chi connectivity index (χ0n) is 10.6. The molecule has 0 saturated carbocycles. The monoisotopic (exact) mass is 255 g/mol. The van der Waals surface area contributed by atoms with Crippen LogP contribution in [0, 0.1) is 12.7 Å². The van der Waals surface area contributed by atoms with Gasteiger partial charge in [0, 0.05) is 5.39 Å². The number of hydrogen-bond acceptors (Lipinski definition) is 2. The molecule has 0 aliphatic rings. The lowest BCUT2D eigenvalue weighted by atomic mass is 10.00. The lowest BCUT2D eigenvalue weighted by Gasteiger charge is -2.12. The van der Waals surface area contributed by atoms with Crippen molar-refractivity contribution in [1.82, 2.24) is 0 Å². The molecule has 2 nitrogen and oxygen atoms in total. The van der Waals surface area contributed by atoms with Crippen molar-refractivity contribution in [3.05, 3.63) is 71.2 Å². The smallest absolute Gasteiger partial charge is 0.134 e. The predicted molar refractivity (Wildman–Crippen MR) is 73.4 cm³/mol. The average Bonchev–Trinajstić information content (AvgIpc) is 2.84. The molecule has 0 amide bonds. The first-order valence-corrected chi connectivity index (χ1v) is 6.15. The van der Waals surface area contributed by atoms with Crippen molar-refractivity contribution in [3.8, 4) is 0 Å². The van der Waals surface area contributed by atoms with Gasteiger partial charge in [-0.1, -0.05) is 24.3 Å². The molecule has 2 aromatic carbocycles. The molecule has 1 atom stereocenters. The standard InChI is InChI=1S/C16H14FNO/c1-10-6-7-12(17)9-13(10)16(18)15-8-11-4-2-3-5-14(11)19-15/h2-9,16H,18H2,1H3. The van der Waals surface area contributed by atoms with E-state index in [1.807, 2.05) is 37.3 Å². The van der Waals surface area contributed by atoms with E-state index in [4.69, 9.17) is 10.2 Å². The first-order chi connectivity index (χ1) is 9.15. The number of fused-ring (bicyclic) bond motifs is 1. The van der Waals surface area contributed by atoms with Gasteiger partial charge in [-0.3, -0.25) is 0 Å². The molecular formula is C16H14FNO. The second kappa shape index (κ2) is 4.52. The van der Waals surface area contributed by atoms with E-state index in [0.29, 0.717) is 5.76 Å². The Hall–Kier alpha value is -2.13. The molecule has 1 aromatic heterocycles. The quantitative estimate of drug-likeness (QED) is 0.753. The average molecular weight is 255 g/mol. The van der Waals surface area contributed by atoms with E-state index in [1.54, 1.807) is 6.07 Å². The molecular weight excluding hydrogens is 241 g/mol. The van der Waals surface area contributed by atoms with Crippen molar-refractivity contribution >= 4 is 11.0 Å². The van der Waals surface area contributed by atoms with Crippen molar-refractivity contribution in [3.63, 3.8) is 0 Å². The van der Waals surface area contributed by atoms with Crippen molar-refractivity contribution in [1.29, 1.82) is 0 Å². The molecule has 0 aliphatic carbocycles. The second-order valence-electron chi connectivity index (χ2n) is 4.67. The maximum Gasteiger partial charge on any atom is 0.134 e. The molecule has 3 aromatic rings. The highest BCUT2D eigenvalue weighted by atomic mass is 19.1. The Morgan fingerprint density at radius 1 is 1.11 bits per heavy atom. The van der Waals surface area contributed by atoms with Gasteiger partial charge in [0.25, 0.3) is 0 Å². The fourth-order valence-corrected chi connectivity index (χ4v) is 2.26. The summed E-state index contributed by atoms with van der Waals surface area (Å²) in [7, 11) is 0. The molecule has 1 heterocycles. The van der Waals surface area contributed by atoms with Crippen LogP contribution >= 0.6 is 0 Å². The summed E-state index contributed by atoms with van der Waals surface area (Å²) in [6.07, 6.45) is 0. The predicted octanol–water partition coefficient (Wildman–Crippen LogP) is 3.93. The van der Waals surface area contributed by atoms with Gasteiger partial charge in [-0.15, -0.1) is 0 Å². The van der Waals surface area contributed by atoms with Crippen LogP contribution in [-0.4, -0.2) is 0 Å². The van der Waals surface area contributed by atoms with Crippen LogP contribution in [0.3, 0.4) is 0 Å². The van der Waals surface area contributed by atoms with Crippen molar-refractivity contribution in [2.75, 3.05) is 0 Å². The Morgan fingerprint density at radius 3 is 2.68 bits per heavy atom. The Kier molecular flexibility index (Phi) is 2.84. The summed E-state index contributed by atoms with van der Waals surface area (Å²) < 4.78 is 19.1. The highest BCUT2D eigenvalue weighted by Crippen LogP contribution is 2.28. The van der Waals surface area contributed by atoms with Crippen LogP contribution in [-0.2, 0) is 0 Å². The van der Waals surface area contributed by atoms with Crippen LogP contribution in [0.1, 0.15) is 22.9 Å². The molecule has 96 valence electrons. The highest BCUT2D eigenvalue weighted by molar-refractivity contribution is 5.78. The molecule has 0 spiro atoms. The van der Waals surface area contributed by atoms with Crippen LogP contribution in [0.2, 0.25) is 0 Å². The van der Waals surface area contributed by atoms with Gasteiger partial charge in [0.05, 0.1) is 6.04 Å². The van der Waals surface area contributed by atoms with E-state index < -0.39 is 6.04 Å². The molecule has 1 unspecified atom stereocenters. The summed E-state index contributed by atoms with van der Waals surface area (Å²) in [5, 5.41) is 1.00. The van der Waals surface area contributed by atoms with Gasteiger partial charge in [-0.05, 0) is 42.3 Å². The summed E-state index contributed by atoms with van der Waals surface area (Å²) in [4.78, 5) is 0. The van der Waals surface area contributed by atoms with Gasteiger partial charge in [-0.2, -0.15) is 0 Å². The van der Waals surface area contributed by atoms with Crippen molar-refractivity contribution in [2.24, 2.45) is 5.73 Å². The van der Waals surface area contributed by atoms with E-state index in [9.17, 15) is 4.39 Å². The molecule has 0 aliphatic heterocycles. The number of furan rings is 1. The molecule has 0 fully saturated rings.